The van der Waals surface area contributed by atoms with Crippen molar-refractivity contribution >= 4 is 12.1 Å². The van der Waals surface area contributed by atoms with E-state index in [1.807, 2.05) is 30.3 Å². The van der Waals surface area contributed by atoms with Crippen LogP contribution in [0.5, 0.6) is 0 Å². The largest absolute Gasteiger partial charge is 0.481 e. The lowest BCUT2D eigenvalue weighted by Gasteiger charge is -2.16. The fourth-order valence-electron chi connectivity index (χ4n) is 1.55. The molecule has 0 aromatic heterocycles. The van der Waals surface area contributed by atoms with Gasteiger partial charge in [0.05, 0.1) is 0 Å². The zero-order valence-corrected chi connectivity index (χ0v) is 11.0. The Morgan fingerprint density at radius 2 is 1.89 bits per heavy atom. The summed E-state index contributed by atoms with van der Waals surface area (Å²) >= 11 is 0. The Hall–Kier alpha value is -2.04. The van der Waals surface area contributed by atoms with Crippen molar-refractivity contribution in [2.45, 2.75) is 25.9 Å². The number of ether oxygens (including phenoxy) is 1. The van der Waals surface area contributed by atoms with Crippen LogP contribution in [0, 0.1) is 0 Å². The maximum atomic E-state index is 11.6. The molecule has 0 bridgehead atoms. The topological polar surface area (TPSA) is 66.8 Å². The molecule has 5 nitrogen and oxygen atoms in total. The van der Waals surface area contributed by atoms with Crippen LogP contribution in [-0.4, -0.2) is 35.7 Å². The first kappa shape index (κ1) is 15.0. The summed E-state index contributed by atoms with van der Waals surface area (Å²) in [7, 11) is 1.65. The number of carboxylic acids is 1. The van der Waals surface area contributed by atoms with E-state index in [2.05, 4.69) is 0 Å². The molecular formula is C14H19NO4. The molecule has 0 saturated carbocycles. The molecule has 1 amide bonds. The van der Waals surface area contributed by atoms with Gasteiger partial charge in [0, 0.05) is 20.0 Å². The van der Waals surface area contributed by atoms with Gasteiger partial charge in [-0.15, -0.1) is 0 Å². The zero-order chi connectivity index (χ0) is 14.1. The van der Waals surface area contributed by atoms with Crippen molar-refractivity contribution in [3.8, 4) is 0 Å². The Kier molecular flexibility index (Phi) is 6.43. The molecule has 0 heterocycles. The molecule has 0 unspecified atom stereocenters. The van der Waals surface area contributed by atoms with Crippen LogP contribution >= 0.6 is 0 Å². The second-order valence-electron chi connectivity index (χ2n) is 4.31. The number of aliphatic carboxylic acids is 1. The predicted octanol–water partition coefficient (Wildman–Crippen LogP) is 2.51. The minimum Gasteiger partial charge on any atom is -0.481 e. The number of hydrogen-bond acceptors (Lipinski definition) is 3. The summed E-state index contributed by atoms with van der Waals surface area (Å²) in [5, 5.41) is 8.49. The third-order valence-corrected chi connectivity index (χ3v) is 2.65. The first-order valence-electron chi connectivity index (χ1n) is 6.23. The molecule has 0 radical (unpaired) electrons. The van der Waals surface area contributed by atoms with Gasteiger partial charge in [-0.1, -0.05) is 30.3 Å². The van der Waals surface area contributed by atoms with E-state index in [1.165, 1.54) is 4.90 Å². The molecule has 1 aromatic carbocycles. The van der Waals surface area contributed by atoms with Gasteiger partial charge in [0.1, 0.15) is 6.61 Å². The van der Waals surface area contributed by atoms with Crippen molar-refractivity contribution in [2.24, 2.45) is 0 Å². The highest BCUT2D eigenvalue weighted by atomic mass is 16.6. The van der Waals surface area contributed by atoms with Gasteiger partial charge in [-0.25, -0.2) is 4.79 Å². The van der Waals surface area contributed by atoms with Gasteiger partial charge in [-0.3, -0.25) is 4.79 Å². The van der Waals surface area contributed by atoms with Crippen LogP contribution in [0.4, 0.5) is 4.79 Å². The molecule has 0 aliphatic carbocycles. The summed E-state index contributed by atoms with van der Waals surface area (Å²) in [6.07, 6.45) is 0.959. The molecule has 1 aromatic rings. The fraction of sp³-hybridized carbons (Fsp3) is 0.429. The second kappa shape index (κ2) is 8.13. The lowest BCUT2D eigenvalue weighted by Crippen LogP contribution is -2.28. The molecule has 0 saturated heterocycles. The monoisotopic (exact) mass is 265 g/mol. The summed E-state index contributed by atoms with van der Waals surface area (Å²) in [6, 6.07) is 9.46. The average molecular weight is 265 g/mol. The van der Waals surface area contributed by atoms with Crippen molar-refractivity contribution in [3.63, 3.8) is 0 Å². The summed E-state index contributed by atoms with van der Waals surface area (Å²) in [4.78, 5) is 23.4. The van der Waals surface area contributed by atoms with E-state index < -0.39 is 5.97 Å². The minimum atomic E-state index is -0.811. The van der Waals surface area contributed by atoms with Gasteiger partial charge >= 0.3 is 12.1 Å². The average Bonchev–Trinajstić information content (AvgIpc) is 2.41. The third-order valence-electron chi connectivity index (χ3n) is 2.65. The first-order chi connectivity index (χ1) is 9.09. The van der Waals surface area contributed by atoms with Crippen LogP contribution in [0.3, 0.4) is 0 Å². The molecule has 19 heavy (non-hydrogen) atoms. The van der Waals surface area contributed by atoms with Crippen molar-refractivity contribution in [1.29, 1.82) is 0 Å². The van der Waals surface area contributed by atoms with Crippen molar-refractivity contribution in [1.82, 2.24) is 4.90 Å². The molecule has 104 valence electrons. The molecular weight excluding hydrogens is 246 g/mol. The number of unbranched alkanes of at least 4 members (excludes halogenated alkanes) is 1. The van der Waals surface area contributed by atoms with Gasteiger partial charge in [-0.2, -0.15) is 0 Å². The van der Waals surface area contributed by atoms with E-state index in [0.29, 0.717) is 19.4 Å². The molecule has 5 heteroatoms. The zero-order valence-electron chi connectivity index (χ0n) is 11.0. The normalized spacial score (nSPS) is 9.95. The lowest BCUT2D eigenvalue weighted by atomic mass is 10.2. The van der Waals surface area contributed by atoms with Crippen LogP contribution in [0.25, 0.3) is 0 Å². The highest BCUT2D eigenvalue weighted by molar-refractivity contribution is 5.67. The van der Waals surface area contributed by atoms with Gasteiger partial charge < -0.3 is 14.7 Å². The van der Waals surface area contributed by atoms with E-state index in [-0.39, 0.29) is 19.1 Å². The number of hydrogen-bond donors (Lipinski definition) is 1. The summed E-state index contributed by atoms with van der Waals surface area (Å²) in [6.45, 7) is 0.750. The number of carbonyl (C=O) groups excluding carboxylic acids is 1. The Morgan fingerprint density at radius 1 is 1.21 bits per heavy atom. The lowest BCUT2D eigenvalue weighted by molar-refractivity contribution is -0.137. The van der Waals surface area contributed by atoms with Crippen LogP contribution in [0.1, 0.15) is 24.8 Å². The molecule has 0 fully saturated rings. The quantitative estimate of drug-likeness (QED) is 0.769. The number of rotatable bonds is 7. The summed E-state index contributed by atoms with van der Waals surface area (Å²) < 4.78 is 5.14. The number of amides is 1. The van der Waals surface area contributed by atoms with E-state index in [0.717, 1.165) is 5.56 Å². The van der Waals surface area contributed by atoms with Gasteiger partial charge in [-0.05, 0) is 18.4 Å². The molecule has 0 atom stereocenters. The summed E-state index contributed by atoms with van der Waals surface area (Å²) in [5.41, 5.74) is 0.940. The Morgan fingerprint density at radius 3 is 2.53 bits per heavy atom. The smallest absolute Gasteiger partial charge is 0.409 e. The highest BCUT2D eigenvalue weighted by Crippen LogP contribution is 2.04. The standard InChI is InChI=1S/C14H19NO4/c1-15(10-6-5-9-13(16)17)14(18)19-11-12-7-3-2-4-8-12/h2-4,7-8H,5-6,9-11H2,1H3,(H,16,17). The molecule has 0 aliphatic rings. The Labute approximate surface area is 112 Å². The van der Waals surface area contributed by atoms with Crippen LogP contribution in [0.15, 0.2) is 30.3 Å². The van der Waals surface area contributed by atoms with Gasteiger partial charge in [0.2, 0.25) is 0 Å². The van der Waals surface area contributed by atoms with Crippen LogP contribution in [-0.2, 0) is 16.1 Å². The number of carbonyl (C=O) groups is 2. The second-order valence-corrected chi connectivity index (χ2v) is 4.31. The third kappa shape index (κ3) is 6.45. The van der Waals surface area contributed by atoms with Gasteiger partial charge in [0.25, 0.3) is 0 Å². The number of nitrogens with zero attached hydrogens (tertiary/aromatic N) is 1. The van der Waals surface area contributed by atoms with E-state index >= 15 is 0 Å². The van der Waals surface area contributed by atoms with Crippen molar-refractivity contribution in [3.05, 3.63) is 35.9 Å². The van der Waals surface area contributed by atoms with E-state index in [4.69, 9.17) is 9.84 Å². The predicted molar refractivity (Wildman–Crippen MR) is 70.7 cm³/mol. The van der Waals surface area contributed by atoms with Crippen molar-refractivity contribution < 1.29 is 19.4 Å². The first-order valence-corrected chi connectivity index (χ1v) is 6.23. The Balaban J connectivity index is 2.20. The number of benzene rings is 1. The highest BCUT2D eigenvalue weighted by Gasteiger charge is 2.09. The maximum Gasteiger partial charge on any atom is 0.409 e. The van der Waals surface area contributed by atoms with Crippen LogP contribution < -0.4 is 0 Å². The van der Waals surface area contributed by atoms with E-state index in [9.17, 15) is 9.59 Å². The van der Waals surface area contributed by atoms with Crippen LogP contribution in [0.2, 0.25) is 0 Å². The molecule has 1 N–H and O–H groups in total. The van der Waals surface area contributed by atoms with Gasteiger partial charge in [0.15, 0.2) is 0 Å². The van der Waals surface area contributed by atoms with Crippen molar-refractivity contribution in [2.75, 3.05) is 13.6 Å². The SMILES string of the molecule is CN(CCCCC(=O)O)C(=O)OCc1ccccc1. The molecule has 1 rings (SSSR count). The molecule has 0 spiro atoms. The molecule has 0 aliphatic heterocycles. The maximum absolute atomic E-state index is 11.6. The fourth-order valence-corrected chi connectivity index (χ4v) is 1.55. The number of carboxylic acid groups (broad SMARTS) is 1. The van der Waals surface area contributed by atoms with E-state index in [1.54, 1.807) is 7.05 Å². The summed E-state index contributed by atoms with van der Waals surface area (Å²) in [5.74, 6) is -0.811. The minimum absolute atomic E-state index is 0.132. The Bertz CT molecular complexity index is 405.